The van der Waals surface area contributed by atoms with Crippen LogP contribution < -0.4 is 10.7 Å². The normalized spacial score (nSPS) is 11.0. The van der Waals surface area contributed by atoms with Crippen LogP contribution in [0.2, 0.25) is 0 Å². The summed E-state index contributed by atoms with van der Waals surface area (Å²) in [7, 11) is 0. The van der Waals surface area contributed by atoms with Gasteiger partial charge in [-0.05, 0) is 23.8 Å². The van der Waals surface area contributed by atoms with Crippen molar-refractivity contribution in [2.24, 2.45) is 0 Å². The van der Waals surface area contributed by atoms with Crippen molar-refractivity contribution in [2.75, 3.05) is 5.32 Å². The summed E-state index contributed by atoms with van der Waals surface area (Å²) in [5.74, 6) is 0.0127. The Hall–Kier alpha value is -2.43. The molecule has 0 saturated carbocycles. The second kappa shape index (κ2) is 8.98. The third kappa shape index (κ3) is 5.78. The van der Waals surface area contributed by atoms with Gasteiger partial charge in [0.05, 0.1) is 5.75 Å². The maximum atomic E-state index is 12.0. The van der Waals surface area contributed by atoms with Gasteiger partial charge in [-0.3, -0.25) is 14.9 Å². The lowest BCUT2D eigenvalue weighted by atomic mass is 10.2. The van der Waals surface area contributed by atoms with E-state index in [2.05, 4.69) is 31.4 Å². The molecule has 0 aliphatic rings. The Morgan fingerprint density at radius 2 is 2.11 bits per heavy atom. The van der Waals surface area contributed by atoms with Gasteiger partial charge in [0.2, 0.25) is 16.5 Å². The number of nitrogens with one attached hydrogen (secondary N) is 1. The second-order valence-corrected chi connectivity index (χ2v) is 8.25. The smallest absolute Gasteiger partial charge is 0.250 e. The largest absolute Gasteiger partial charge is 0.502 e. The van der Waals surface area contributed by atoms with Gasteiger partial charge in [-0.2, -0.15) is 0 Å². The van der Waals surface area contributed by atoms with Gasteiger partial charge in [-0.15, -0.1) is 10.2 Å². The van der Waals surface area contributed by atoms with Crippen LogP contribution in [0.3, 0.4) is 0 Å². The molecule has 0 atom stereocenters. The number of hydrogen-bond donors (Lipinski definition) is 2. The predicted molar refractivity (Wildman–Crippen MR) is 108 cm³/mol. The minimum absolute atomic E-state index is 0.310. The number of aromatic nitrogens is 2. The molecule has 10 heteroatoms. The summed E-state index contributed by atoms with van der Waals surface area (Å²) in [5.41, 5.74) is 0.400. The molecule has 1 aromatic carbocycles. The molecule has 0 spiro atoms. The van der Waals surface area contributed by atoms with E-state index in [4.69, 9.17) is 9.52 Å². The van der Waals surface area contributed by atoms with Gasteiger partial charge in [0.25, 0.3) is 0 Å². The summed E-state index contributed by atoms with van der Waals surface area (Å²) in [6.07, 6.45) is 4.12. The lowest BCUT2D eigenvalue weighted by Crippen LogP contribution is -2.07. The standard InChI is InChI=1S/C17H12BrN3O4S2/c18-11-4-1-10(2-5-11)3-6-15(24)19-16-20-21-17(27-16)26-9-12-7-13(22)14(23)8-25-12/h1-8,23H,9H2,(H,19,20,24)/b6-3+. The maximum absolute atomic E-state index is 12.0. The second-order valence-electron chi connectivity index (χ2n) is 5.13. The Morgan fingerprint density at radius 1 is 1.33 bits per heavy atom. The molecule has 2 heterocycles. The lowest BCUT2D eigenvalue weighted by Gasteiger charge is -1.97. The third-order valence-electron chi connectivity index (χ3n) is 3.14. The molecule has 0 unspecified atom stereocenters. The number of rotatable bonds is 6. The van der Waals surface area contributed by atoms with E-state index in [1.165, 1.54) is 35.2 Å². The monoisotopic (exact) mass is 465 g/mol. The highest BCUT2D eigenvalue weighted by Gasteiger charge is 2.09. The molecule has 0 saturated heterocycles. The summed E-state index contributed by atoms with van der Waals surface area (Å²) in [5, 5.41) is 20.1. The van der Waals surface area contributed by atoms with Crippen molar-refractivity contribution in [1.82, 2.24) is 10.2 Å². The molecule has 138 valence electrons. The minimum atomic E-state index is -0.500. The fourth-order valence-electron chi connectivity index (χ4n) is 1.86. The van der Waals surface area contributed by atoms with Gasteiger partial charge in [-0.1, -0.05) is 51.2 Å². The number of benzene rings is 1. The van der Waals surface area contributed by atoms with E-state index < -0.39 is 11.2 Å². The van der Waals surface area contributed by atoms with E-state index in [-0.39, 0.29) is 5.91 Å². The molecule has 0 bridgehead atoms. The first kappa shape index (κ1) is 19.3. The van der Waals surface area contributed by atoms with Crippen molar-refractivity contribution >= 4 is 56.1 Å². The van der Waals surface area contributed by atoms with Crippen molar-refractivity contribution in [2.45, 2.75) is 10.1 Å². The van der Waals surface area contributed by atoms with E-state index in [0.29, 0.717) is 21.0 Å². The van der Waals surface area contributed by atoms with Crippen LogP contribution in [-0.4, -0.2) is 21.2 Å². The van der Waals surface area contributed by atoms with E-state index >= 15 is 0 Å². The number of nitrogens with zero attached hydrogens (tertiary/aromatic N) is 2. The number of carbonyl (C=O) groups excluding carboxylic acids is 1. The van der Waals surface area contributed by atoms with E-state index in [1.807, 2.05) is 24.3 Å². The number of amides is 1. The Labute approximate surface area is 170 Å². The first-order valence-electron chi connectivity index (χ1n) is 7.51. The number of aromatic hydroxyl groups is 1. The number of halogens is 1. The third-order valence-corrected chi connectivity index (χ3v) is 5.66. The fraction of sp³-hybridized carbons (Fsp3) is 0.0588. The SMILES string of the molecule is O=C(/C=C/c1ccc(Br)cc1)Nc1nnc(SCc2cc(=O)c(O)co2)s1. The van der Waals surface area contributed by atoms with Crippen LogP contribution in [0.25, 0.3) is 6.08 Å². The van der Waals surface area contributed by atoms with E-state index in [9.17, 15) is 9.59 Å². The van der Waals surface area contributed by atoms with Gasteiger partial charge >= 0.3 is 0 Å². The zero-order valence-corrected chi connectivity index (χ0v) is 16.8. The molecule has 0 aliphatic carbocycles. The van der Waals surface area contributed by atoms with Crippen LogP contribution in [0, 0.1) is 0 Å². The number of thioether (sulfide) groups is 1. The summed E-state index contributed by atoms with van der Waals surface area (Å²) in [6.45, 7) is 0. The van der Waals surface area contributed by atoms with Crippen LogP contribution in [0.5, 0.6) is 5.75 Å². The summed E-state index contributed by atoms with van der Waals surface area (Å²) < 4.78 is 6.69. The average Bonchev–Trinajstić information content (AvgIpc) is 3.09. The van der Waals surface area contributed by atoms with E-state index in [0.717, 1.165) is 16.3 Å². The molecule has 0 aliphatic heterocycles. The Kier molecular flexibility index (Phi) is 6.43. The van der Waals surface area contributed by atoms with Crippen molar-refractivity contribution in [3.63, 3.8) is 0 Å². The highest BCUT2D eigenvalue weighted by molar-refractivity contribution is 9.10. The van der Waals surface area contributed by atoms with Crippen molar-refractivity contribution in [3.8, 4) is 5.75 Å². The van der Waals surface area contributed by atoms with Crippen LogP contribution in [0.1, 0.15) is 11.3 Å². The van der Waals surface area contributed by atoms with Crippen molar-refractivity contribution in [3.05, 3.63) is 68.7 Å². The molecular formula is C17H12BrN3O4S2. The molecule has 3 rings (SSSR count). The zero-order valence-electron chi connectivity index (χ0n) is 13.6. The number of hydrogen-bond acceptors (Lipinski definition) is 8. The lowest BCUT2D eigenvalue weighted by molar-refractivity contribution is -0.111. The van der Waals surface area contributed by atoms with Gasteiger partial charge in [0, 0.05) is 16.6 Å². The van der Waals surface area contributed by atoms with Crippen LogP contribution >= 0.6 is 39.0 Å². The molecule has 0 fully saturated rings. The number of carbonyl (C=O) groups is 1. The number of anilines is 1. The molecule has 0 radical (unpaired) electrons. The summed E-state index contributed by atoms with van der Waals surface area (Å²) in [4.78, 5) is 23.3. The first-order chi connectivity index (χ1) is 13.0. The van der Waals surface area contributed by atoms with Gasteiger partial charge in [0.15, 0.2) is 10.1 Å². The van der Waals surface area contributed by atoms with Crippen LogP contribution in [0.15, 0.2) is 60.7 Å². The minimum Gasteiger partial charge on any atom is -0.502 e. The Bertz CT molecular complexity index is 1030. The van der Waals surface area contributed by atoms with Crippen molar-refractivity contribution < 1.29 is 14.3 Å². The molecule has 2 N–H and O–H groups in total. The highest BCUT2D eigenvalue weighted by atomic mass is 79.9. The first-order valence-corrected chi connectivity index (χ1v) is 10.1. The van der Waals surface area contributed by atoms with Crippen molar-refractivity contribution in [1.29, 1.82) is 0 Å². The van der Waals surface area contributed by atoms with Gasteiger partial charge in [-0.25, -0.2) is 0 Å². The Balaban J connectivity index is 1.53. The topological polar surface area (TPSA) is 105 Å². The zero-order chi connectivity index (χ0) is 19.2. The summed E-state index contributed by atoms with van der Waals surface area (Å²) in [6, 6.07) is 8.77. The molecular weight excluding hydrogens is 454 g/mol. The quantitative estimate of drug-likeness (QED) is 0.323. The fourth-order valence-corrected chi connectivity index (χ4v) is 3.77. The molecule has 7 nitrogen and oxygen atoms in total. The average molecular weight is 466 g/mol. The predicted octanol–water partition coefficient (Wildman–Crippen LogP) is 3.90. The van der Waals surface area contributed by atoms with E-state index in [1.54, 1.807) is 6.08 Å². The molecule has 27 heavy (non-hydrogen) atoms. The highest BCUT2D eigenvalue weighted by Crippen LogP contribution is 2.28. The molecule has 1 amide bonds. The molecule has 2 aromatic heterocycles. The van der Waals surface area contributed by atoms with Gasteiger partial charge < -0.3 is 9.52 Å². The summed E-state index contributed by atoms with van der Waals surface area (Å²) >= 11 is 5.87. The molecule has 3 aromatic rings. The van der Waals surface area contributed by atoms with Crippen LogP contribution in [-0.2, 0) is 10.5 Å². The van der Waals surface area contributed by atoms with Gasteiger partial charge in [0.1, 0.15) is 12.0 Å². The Morgan fingerprint density at radius 3 is 2.85 bits per heavy atom. The maximum Gasteiger partial charge on any atom is 0.250 e. The van der Waals surface area contributed by atoms with Crippen LogP contribution in [0.4, 0.5) is 5.13 Å².